The second-order valence-electron chi connectivity index (χ2n) is 9.14. The molecule has 1 N–H and O–H groups in total. The summed E-state index contributed by atoms with van der Waals surface area (Å²) in [6, 6.07) is 10.1. The van der Waals surface area contributed by atoms with Crippen LogP contribution in [0.3, 0.4) is 0 Å². The summed E-state index contributed by atoms with van der Waals surface area (Å²) >= 11 is 0. The smallest absolute Gasteiger partial charge is 0.338 e. The molecule has 3 amide bonds. The number of esters is 1. The molecule has 2 aliphatic heterocycles. The van der Waals surface area contributed by atoms with Crippen LogP contribution in [0.4, 0.5) is 13.6 Å². The lowest BCUT2D eigenvalue weighted by Crippen LogP contribution is -2.56. The Kier molecular flexibility index (Phi) is 7.87. The van der Waals surface area contributed by atoms with Gasteiger partial charge in [-0.05, 0) is 43.7 Å². The Labute approximate surface area is 214 Å². The number of amides is 3. The molecular weight excluding hydrogens is 482 g/mol. The lowest BCUT2D eigenvalue weighted by molar-refractivity contribution is -0.139. The van der Waals surface area contributed by atoms with Gasteiger partial charge in [-0.15, -0.1) is 0 Å². The van der Waals surface area contributed by atoms with Gasteiger partial charge >= 0.3 is 12.0 Å². The summed E-state index contributed by atoms with van der Waals surface area (Å²) in [4.78, 5) is 44.0. The molecule has 2 aromatic carbocycles. The average molecular weight is 513 g/mol. The van der Waals surface area contributed by atoms with Gasteiger partial charge in [0.2, 0.25) is 0 Å². The fraction of sp³-hybridized carbons (Fsp3) is 0.370. The number of carbonyl (C=O) groups is 3. The van der Waals surface area contributed by atoms with E-state index in [1.807, 2.05) is 11.8 Å². The summed E-state index contributed by atoms with van der Waals surface area (Å²) in [6.45, 7) is 5.17. The van der Waals surface area contributed by atoms with Crippen LogP contribution < -0.4 is 5.32 Å². The Bertz CT molecular complexity index is 1230. The van der Waals surface area contributed by atoms with Gasteiger partial charge in [-0.25, -0.2) is 18.4 Å². The molecule has 2 atom stereocenters. The highest BCUT2D eigenvalue weighted by Gasteiger charge is 2.38. The van der Waals surface area contributed by atoms with Gasteiger partial charge in [-0.3, -0.25) is 14.6 Å². The molecule has 196 valence electrons. The maximum absolute atomic E-state index is 14.2. The molecule has 8 nitrogen and oxygen atoms in total. The number of halogens is 2. The molecule has 0 bridgehead atoms. The van der Waals surface area contributed by atoms with Crippen LogP contribution in [-0.4, -0.2) is 78.5 Å². The molecule has 1 fully saturated rings. The Balaban J connectivity index is 1.61. The Morgan fingerprint density at radius 3 is 2.54 bits per heavy atom. The van der Waals surface area contributed by atoms with Crippen LogP contribution in [0.5, 0.6) is 0 Å². The molecule has 0 unspecified atom stereocenters. The molecule has 4 rings (SSSR count). The number of urea groups is 1. The largest absolute Gasteiger partial charge is 0.463 e. The van der Waals surface area contributed by atoms with Gasteiger partial charge in [-0.1, -0.05) is 24.3 Å². The van der Waals surface area contributed by atoms with E-state index in [1.165, 1.54) is 41.3 Å². The van der Waals surface area contributed by atoms with Gasteiger partial charge < -0.3 is 15.0 Å². The first-order valence-electron chi connectivity index (χ1n) is 12.2. The van der Waals surface area contributed by atoms with Crippen molar-refractivity contribution in [2.75, 3.05) is 39.8 Å². The summed E-state index contributed by atoms with van der Waals surface area (Å²) < 4.78 is 33.5. The summed E-state index contributed by atoms with van der Waals surface area (Å²) in [5.41, 5.74) is 1.12. The monoisotopic (exact) mass is 512 g/mol. The molecule has 37 heavy (non-hydrogen) atoms. The van der Waals surface area contributed by atoms with Crippen LogP contribution in [-0.2, 0) is 9.53 Å². The van der Waals surface area contributed by atoms with Crippen molar-refractivity contribution in [1.82, 2.24) is 20.0 Å². The van der Waals surface area contributed by atoms with E-state index in [4.69, 9.17) is 4.74 Å². The number of nitrogens with zero attached hydrogens (tertiary/aromatic N) is 3. The van der Waals surface area contributed by atoms with Crippen LogP contribution >= 0.6 is 0 Å². The number of ether oxygens (including phenoxy) is 1. The van der Waals surface area contributed by atoms with E-state index in [-0.39, 0.29) is 36.2 Å². The minimum atomic E-state index is -0.880. The number of likely N-dealkylation sites (N-methyl/N-ethyl adjacent to an activating group) is 1. The number of piperazine rings is 1. The third-order valence-electron chi connectivity index (χ3n) is 6.70. The maximum Gasteiger partial charge on any atom is 0.338 e. The molecule has 2 heterocycles. The normalized spacial score (nSPS) is 20.6. The Morgan fingerprint density at radius 1 is 1.11 bits per heavy atom. The number of rotatable bonds is 6. The number of carbonyl (C=O) groups excluding carboxylic acids is 3. The molecule has 0 radical (unpaired) electrons. The van der Waals surface area contributed by atoms with E-state index in [2.05, 4.69) is 5.32 Å². The highest BCUT2D eigenvalue weighted by molar-refractivity contribution is 5.95. The van der Waals surface area contributed by atoms with Crippen molar-refractivity contribution in [3.05, 3.63) is 82.6 Å². The second kappa shape index (κ2) is 11.1. The van der Waals surface area contributed by atoms with Crippen molar-refractivity contribution in [2.24, 2.45) is 0 Å². The van der Waals surface area contributed by atoms with Crippen LogP contribution in [0, 0.1) is 11.6 Å². The van der Waals surface area contributed by atoms with E-state index in [9.17, 15) is 23.2 Å². The lowest BCUT2D eigenvalue weighted by Gasteiger charge is -2.42. The van der Waals surface area contributed by atoms with Crippen molar-refractivity contribution in [3.8, 4) is 0 Å². The fourth-order valence-electron chi connectivity index (χ4n) is 4.81. The minimum absolute atomic E-state index is 0.0247. The van der Waals surface area contributed by atoms with Crippen LogP contribution in [0.2, 0.25) is 0 Å². The van der Waals surface area contributed by atoms with E-state index in [1.54, 1.807) is 31.0 Å². The summed E-state index contributed by atoms with van der Waals surface area (Å²) in [5, 5.41) is 2.78. The Morgan fingerprint density at radius 2 is 1.86 bits per heavy atom. The summed E-state index contributed by atoms with van der Waals surface area (Å²) in [6.07, 6.45) is 0. The first-order chi connectivity index (χ1) is 17.7. The summed E-state index contributed by atoms with van der Waals surface area (Å²) in [5.74, 6) is -2.03. The third kappa shape index (κ3) is 5.48. The van der Waals surface area contributed by atoms with Crippen molar-refractivity contribution in [3.63, 3.8) is 0 Å². The van der Waals surface area contributed by atoms with Crippen molar-refractivity contribution in [2.45, 2.75) is 25.9 Å². The second-order valence-corrected chi connectivity index (χ2v) is 9.14. The van der Waals surface area contributed by atoms with E-state index < -0.39 is 29.7 Å². The molecule has 10 heteroatoms. The zero-order valence-electron chi connectivity index (χ0n) is 21.0. The molecule has 0 saturated carbocycles. The maximum atomic E-state index is 14.2. The van der Waals surface area contributed by atoms with Crippen LogP contribution in [0.25, 0.3) is 0 Å². The highest BCUT2D eigenvalue weighted by Crippen LogP contribution is 2.32. The van der Waals surface area contributed by atoms with E-state index >= 15 is 0 Å². The average Bonchev–Trinajstić information content (AvgIpc) is 2.86. The zero-order valence-corrected chi connectivity index (χ0v) is 21.0. The molecule has 0 aromatic heterocycles. The van der Waals surface area contributed by atoms with E-state index in [0.717, 1.165) is 0 Å². The first-order valence-corrected chi connectivity index (χ1v) is 12.2. The number of hydrogen-bond donors (Lipinski definition) is 1. The fourth-order valence-corrected chi connectivity index (χ4v) is 4.81. The van der Waals surface area contributed by atoms with Gasteiger partial charge in [0, 0.05) is 45.0 Å². The van der Waals surface area contributed by atoms with Gasteiger partial charge in [-0.2, -0.15) is 0 Å². The number of benzene rings is 2. The Hall–Kier alpha value is -3.79. The summed E-state index contributed by atoms with van der Waals surface area (Å²) in [7, 11) is 1.56. The van der Waals surface area contributed by atoms with Crippen molar-refractivity contribution in [1.29, 1.82) is 0 Å². The van der Waals surface area contributed by atoms with Gasteiger partial charge in [0.25, 0.3) is 5.91 Å². The lowest BCUT2D eigenvalue weighted by atomic mass is 9.94. The van der Waals surface area contributed by atoms with Gasteiger partial charge in [0.05, 0.1) is 23.8 Å². The SMILES string of the molecule is CCOC(=O)C1=C(CN2CCN(C(=O)c3ccccc3F)[C@@H](C)C2)N(C)C(=O)N[C@@H]1c1cccc(F)c1. The zero-order chi connectivity index (χ0) is 26.7. The molecular formula is C27H30F2N4O4. The third-order valence-corrected chi connectivity index (χ3v) is 6.70. The van der Waals surface area contributed by atoms with Crippen molar-refractivity contribution < 1.29 is 27.9 Å². The predicted molar refractivity (Wildman–Crippen MR) is 132 cm³/mol. The van der Waals surface area contributed by atoms with Crippen molar-refractivity contribution >= 4 is 17.9 Å². The quantitative estimate of drug-likeness (QED) is 0.601. The standard InChI is InChI=1S/C27H30F2N4O4/c1-4-37-26(35)23-22(31(3)27(36)30-24(23)18-8-7-9-19(28)14-18)16-32-12-13-33(17(2)15-32)25(34)20-10-5-6-11-21(20)29/h5-11,14,17,24H,4,12-13,15-16H2,1-3H3,(H,30,36)/t17-,24+/m0/s1. The molecule has 0 spiro atoms. The van der Waals surface area contributed by atoms with Crippen LogP contribution in [0.15, 0.2) is 59.8 Å². The first kappa shape index (κ1) is 26.3. The number of nitrogens with one attached hydrogen (secondary N) is 1. The predicted octanol–water partition coefficient (Wildman–Crippen LogP) is 3.32. The van der Waals surface area contributed by atoms with Gasteiger partial charge in [0.1, 0.15) is 11.6 Å². The van der Waals surface area contributed by atoms with Crippen LogP contribution in [0.1, 0.15) is 35.8 Å². The molecule has 1 saturated heterocycles. The topological polar surface area (TPSA) is 82.2 Å². The highest BCUT2D eigenvalue weighted by atomic mass is 19.1. The molecule has 2 aromatic rings. The van der Waals surface area contributed by atoms with E-state index in [0.29, 0.717) is 30.9 Å². The van der Waals surface area contributed by atoms with Gasteiger partial charge in [0.15, 0.2) is 0 Å². The molecule has 2 aliphatic rings. The molecule has 0 aliphatic carbocycles. The number of hydrogen-bond acceptors (Lipinski definition) is 5. The minimum Gasteiger partial charge on any atom is -0.463 e.